The first kappa shape index (κ1) is 15.4. The maximum Gasteiger partial charge on any atom is 0.308 e. The number of rotatable bonds is 5. The van der Waals surface area contributed by atoms with Gasteiger partial charge in [-0.3, -0.25) is 4.79 Å². The molecule has 1 aromatic heterocycles. The fourth-order valence-electron chi connectivity index (χ4n) is 1.36. The molecule has 2 N–H and O–H groups in total. The molecule has 0 bridgehead atoms. The number of hydrogen-bond donors (Lipinski definition) is 2. The van der Waals surface area contributed by atoms with E-state index in [1.54, 1.807) is 6.92 Å². The zero-order chi connectivity index (χ0) is 13.7. The molecule has 1 heterocycles. The quantitative estimate of drug-likeness (QED) is 0.632. The van der Waals surface area contributed by atoms with Crippen LogP contribution < -0.4 is 0 Å². The first-order valence-electron chi connectivity index (χ1n) is 5.28. The van der Waals surface area contributed by atoms with Crippen molar-refractivity contribution in [2.45, 2.75) is 25.6 Å². The van der Waals surface area contributed by atoms with E-state index in [1.807, 2.05) is 0 Å². The summed E-state index contributed by atoms with van der Waals surface area (Å²) >= 11 is 9.00. The smallest absolute Gasteiger partial charge is 0.308 e. The van der Waals surface area contributed by atoms with Gasteiger partial charge in [-0.15, -0.1) is 0 Å². The second-order valence-corrected chi connectivity index (χ2v) is 4.83. The summed E-state index contributed by atoms with van der Waals surface area (Å²) in [4.78, 5) is 15.0. The van der Waals surface area contributed by atoms with Crippen LogP contribution in [0.15, 0.2) is 16.7 Å². The van der Waals surface area contributed by atoms with Crippen molar-refractivity contribution in [3.05, 3.63) is 27.5 Å². The normalized spacial score (nSPS) is 14.1. The number of hydrogen-bond acceptors (Lipinski definition) is 5. The topological polar surface area (TPSA) is 79.7 Å². The molecule has 0 aliphatic heterocycles. The Morgan fingerprint density at radius 1 is 1.61 bits per heavy atom. The zero-order valence-electron chi connectivity index (χ0n) is 9.64. The number of halogens is 2. The molecule has 0 saturated carbocycles. The van der Waals surface area contributed by atoms with Crippen LogP contribution in [0, 0.1) is 0 Å². The number of esters is 1. The number of aromatic nitrogens is 1. The summed E-state index contributed by atoms with van der Waals surface area (Å²) in [5.41, 5.74) is 0.253. The van der Waals surface area contributed by atoms with E-state index >= 15 is 0 Å². The summed E-state index contributed by atoms with van der Waals surface area (Å²) in [6, 6.07) is 1.54. The van der Waals surface area contributed by atoms with Gasteiger partial charge in [-0.05, 0) is 28.9 Å². The van der Waals surface area contributed by atoms with E-state index in [1.165, 1.54) is 12.3 Å². The maximum atomic E-state index is 11.2. The minimum atomic E-state index is -1.30. The van der Waals surface area contributed by atoms with Gasteiger partial charge in [-0.25, -0.2) is 4.98 Å². The van der Waals surface area contributed by atoms with Crippen molar-refractivity contribution in [2.75, 3.05) is 6.61 Å². The highest BCUT2D eigenvalue weighted by Crippen LogP contribution is 2.27. The van der Waals surface area contributed by atoms with Crippen molar-refractivity contribution in [1.29, 1.82) is 0 Å². The Morgan fingerprint density at radius 3 is 2.89 bits per heavy atom. The molecule has 0 aliphatic rings. The monoisotopic (exact) mass is 337 g/mol. The van der Waals surface area contributed by atoms with Crippen LogP contribution in [-0.4, -0.2) is 33.9 Å². The van der Waals surface area contributed by atoms with Gasteiger partial charge in [0.05, 0.1) is 19.1 Å². The van der Waals surface area contributed by atoms with Gasteiger partial charge >= 0.3 is 5.97 Å². The minimum Gasteiger partial charge on any atom is -0.466 e. The number of carbonyl (C=O) groups excluding carboxylic acids is 1. The van der Waals surface area contributed by atoms with Gasteiger partial charge in [-0.1, -0.05) is 11.6 Å². The predicted octanol–water partition coefficient (Wildman–Crippen LogP) is 1.84. The lowest BCUT2D eigenvalue weighted by molar-refractivity contribution is -0.147. The van der Waals surface area contributed by atoms with Crippen molar-refractivity contribution in [1.82, 2.24) is 4.98 Å². The third-order valence-corrected chi connectivity index (χ3v) is 2.95. The molecule has 18 heavy (non-hydrogen) atoms. The molecule has 5 nitrogen and oxygen atoms in total. The van der Waals surface area contributed by atoms with Gasteiger partial charge in [0.2, 0.25) is 0 Å². The highest BCUT2D eigenvalue weighted by Gasteiger charge is 2.24. The first-order valence-corrected chi connectivity index (χ1v) is 6.45. The largest absolute Gasteiger partial charge is 0.466 e. The van der Waals surface area contributed by atoms with Crippen LogP contribution in [0.3, 0.4) is 0 Å². The fourth-order valence-corrected chi connectivity index (χ4v) is 1.92. The zero-order valence-corrected chi connectivity index (χ0v) is 12.0. The van der Waals surface area contributed by atoms with Crippen molar-refractivity contribution >= 4 is 33.5 Å². The molecule has 1 rings (SSSR count). The van der Waals surface area contributed by atoms with Crippen LogP contribution in [0.4, 0.5) is 0 Å². The molecular formula is C11H13BrClNO4. The molecule has 2 unspecified atom stereocenters. The number of ether oxygens (including phenoxy) is 1. The average molecular weight is 339 g/mol. The van der Waals surface area contributed by atoms with E-state index in [2.05, 4.69) is 25.7 Å². The predicted molar refractivity (Wildman–Crippen MR) is 69.2 cm³/mol. The maximum absolute atomic E-state index is 11.2. The number of carbonyl (C=O) groups is 1. The molecule has 7 heteroatoms. The third-order valence-electron chi connectivity index (χ3n) is 2.20. The average Bonchev–Trinajstić information content (AvgIpc) is 2.31. The number of nitrogens with zero attached hydrogens (tertiary/aromatic N) is 1. The van der Waals surface area contributed by atoms with E-state index in [0.29, 0.717) is 4.47 Å². The van der Waals surface area contributed by atoms with Crippen molar-refractivity contribution in [3.8, 4) is 0 Å². The summed E-state index contributed by atoms with van der Waals surface area (Å²) in [5.74, 6) is -0.580. The summed E-state index contributed by atoms with van der Waals surface area (Å²) in [6.45, 7) is 1.89. The van der Waals surface area contributed by atoms with Crippen molar-refractivity contribution in [2.24, 2.45) is 0 Å². The molecule has 0 fully saturated rings. The Labute approximate surface area is 118 Å². The summed E-state index contributed by atoms with van der Waals surface area (Å²) in [6.07, 6.45) is -1.43. The van der Waals surface area contributed by atoms with Crippen LogP contribution in [0.5, 0.6) is 0 Å². The van der Waals surface area contributed by atoms with E-state index < -0.39 is 18.2 Å². The van der Waals surface area contributed by atoms with E-state index in [4.69, 9.17) is 11.6 Å². The standard InChI is InChI=1S/C11H13BrClNO4/c1-2-18-9(16)4-8(15)10(17)7-3-6(12)5-14-11(7)13/h3,5,8,10,15,17H,2,4H2,1H3. The lowest BCUT2D eigenvalue weighted by Gasteiger charge is -2.18. The first-order chi connectivity index (χ1) is 8.45. The number of aliphatic hydroxyl groups is 2. The van der Waals surface area contributed by atoms with Crippen molar-refractivity contribution < 1.29 is 19.7 Å². The fraction of sp³-hybridized carbons (Fsp3) is 0.455. The lowest BCUT2D eigenvalue weighted by Crippen LogP contribution is -2.23. The van der Waals surface area contributed by atoms with Gasteiger partial charge in [0.25, 0.3) is 0 Å². The van der Waals surface area contributed by atoms with Gasteiger partial charge in [0, 0.05) is 16.2 Å². The highest BCUT2D eigenvalue weighted by molar-refractivity contribution is 9.10. The Morgan fingerprint density at radius 2 is 2.28 bits per heavy atom. The second kappa shape index (κ2) is 7.04. The SMILES string of the molecule is CCOC(=O)CC(O)C(O)c1cc(Br)cnc1Cl. The summed E-state index contributed by atoms with van der Waals surface area (Å²) in [5, 5.41) is 19.7. The Kier molecular flexibility index (Phi) is 6.01. The Bertz CT molecular complexity index is 430. The molecule has 0 spiro atoms. The van der Waals surface area contributed by atoms with Gasteiger partial charge in [0.15, 0.2) is 0 Å². The molecule has 0 amide bonds. The van der Waals surface area contributed by atoms with Crippen LogP contribution in [0.1, 0.15) is 25.0 Å². The second-order valence-electron chi connectivity index (χ2n) is 3.55. The van der Waals surface area contributed by atoms with E-state index in [9.17, 15) is 15.0 Å². The molecule has 0 radical (unpaired) electrons. The molecule has 0 aliphatic carbocycles. The molecule has 0 aromatic carbocycles. The van der Waals surface area contributed by atoms with Crippen LogP contribution in [-0.2, 0) is 9.53 Å². The Balaban J connectivity index is 2.76. The number of pyridine rings is 1. The van der Waals surface area contributed by atoms with E-state index in [-0.39, 0.29) is 23.7 Å². The van der Waals surface area contributed by atoms with E-state index in [0.717, 1.165) is 0 Å². The molecule has 100 valence electrons. The minimum absolute atomic E-state index is 0.0774. The van der Waals surface area contributed by atoms with Gasteiger partial charge < -0.3 is 14.9 Å². The van der Waals surface area contributed by atoms with Gasteiger partial charge in [0.1, 0.15) is 11.3 Å². The lowest BCUT2D eigenvalue weighted by atomic mass is 10.0. The summed E-state index contributed by atoms with van der Waals surface area (Å²) in [7, 11) is 0. The van der Waals surface area contributed by atoms with Crippen molar-refractivity contribution in [3.63, 3.8) is 0 Å². The van der Waals surface area contributed by atoms with Crippen LogP contribution in [0.25, 0.3) is 0 Å². The highest BCUT2D eigenvalue weighted by atomic mass is 79.9. The van der Waals surface area contributed by atoms with Crippen LogP contribution in [0.2, 0.25) is 5.15 Å². The Hall–Kier alpha value is -0.690. The molecule has 1 aromatic rings. The molecule has 0 saturated heterocycles. The van der Waals surface area contributed by atoms with Crippen LogP contribution >= 0.6 is 27.5 Å². The molecular weight excluding hydrogens is 325 g/mol. The summed E-state index contributed by atoms with van der Waals surface area (Å²) < 4.78 is 5.30. The van der Waals surface area contributed by atoms with Gasteiger partial charge in [-0.2, -0.15) is 0 Å². The third kappa shape index (κ3) is 4.20. The molecule has 2 atom stereocenters. The number of aliphatic hydroxyl groups excluding tert-OH is 2.